The molecule has 4 atom stereocenters. The van der Waals surface area contributed by atoms with Gasteiger partial charge in [0.1, 0.15) is 35.9 Å². The fourth-order valence-electron chi connectivity index (χ4n) is 4.04. The predicted octanol–water partition coefficient (Wildman–Crippen LogP) is 6.13. The summed E-state index contributed by atoms with van der Waals surface area (Å²) in [5.41, 5.74) is 4.73. The quantitative estimate of drug-likeness (QED) is 0.363. The van der Waals surface area contributed by atoms with E-state index in [-0.39, 0.29) is 24.4 Å². The standard InChI is InChI=1S/C28H30O4/c1-3-25(27-17-29-27)31-23-13-9-21(10-14-23)19-5-7-20(8-6-19)22-11-15-24(16-12-22)32-26(4-2)28-18-30-28/h5-16,25-28H,3-4,17-18H2,1-2H3. The number of epoxide rings is 2. The van der Waals surface area contributed by atoms with Crippen LogP contribution in [0.4, 0.5) is 0 Å². The van der Waals surface area contributed by atoms with Crippen molar-refractivity contribution in [2.45, 2.75) is 51.1 Å². The van der Waals surface area contributed by atoms with Crippen molar-refractivity contribution in [1.82, 2.24) is 0 Å². The van der Waals surface area contributed by atoms with E-state index in [1.807, 2.05) is 24.3 Å². The fraction of sp³-hybridized carbons (Fsp3) is 0.357. The van der Waals surface area contributed by atoms with Crippen molar-refractivity contribution >= 4 is 0 Å². The van der Waals surface area contributed by atoms with E-state index in [0.29, 0.717) is 0 Å². The fourth-order valence-corrected chi connectivity index (χ4v) is 4.04. The van der Waals surface area contributed by atoms with Crippen molar-refractivity contribution in [2.24, 2.45) is 0 Å². The zero-order valence-electron chi connectivity index (χ0n) is 18.7. The Morgan fingerprint density at radius 1 is 0.594 bits per heavy atom. The van der Waals surface area contributed by atoms with Crippen molar-refractivity contribution in [3.05, 3.63) is 72.8 Å². The molecular formula is C28H30O4. The van der Waals surface area contributed by atoms with Gasteiger partial charge in [0.15, 0.2) is 0 Å². The molecule has 0 radical (unpaired) electrons. The Kier molecular flexibility index (Phi) is 6.15. The third kappa shape index (κ3) is 4.98. The lowest BCUT2D eigenvalue weighted by atomic mass is 10.0. The first-order chi connectivity index (χ1) is 15.7. The Hall–Kier alpha value is -2.82. The highest BCUT2D eigenvalue weighted by atomic mass is 16.6. The molecule has 2 aliphatic rings. The summed E-state index contributed by atoms with van der Waals surface area (Å²) in [6.07, 6.45) is 2.71. The summed E-state index contributed by atoms with van der Waals surface area (Å²) >= 11 is 0. The van der Waals surface area contributed by atoms with Gasteiger partial charge in [0.05, 0.1) is 13.2 Å². The lowest BCUT2D eigenvalue weighted by Crippen LogP contribution is -2.21. The Labute approximate surface area is 190 Å². The maximum atomic E-state index is 6.07. The average Bonchev–Trinajstić information content (AvgIpc) is 3.76. The molecule has 5 rings (SSSR count). The van der Waals surface area contributed by atoms with E-state index in [1.165, 1.54) is 22.3 Å². The summed E-state index contributed by atoms with van der Waals surface area (Å²) in [7, 11) is 0. The minimum atomic E-state index is 0.145. The first-order valence-electron chi connectivity index (χ1n) is 11.6. The van der Waals surface area contributed by atoms with Crippen LogP contribution >= 0.6 is 0 Å². The zero-order chi connectivity index (χ0) is 21.9. The minimum Gasteiger partial charge on any atom is -0.488 e. The summed E-state index contributed by atoms with van der Waals surface area (Å²) in [6, 6.07) is 25.3. The number of benzene rings is 3. The van der Waals surface area contributed by atoms with Gasteiger partial charge in [-0.25, -0.2) is 0 Å². The van der Waals surface area contributed by atoms with Crippen molar-refractivity contribution in [1.29, 1.82) is 0 Å². The largest absolute Gasteiger partial charge is 0.488 e. The molecular weight excluding hydrogens is 400 g/mol. The summed E-state index contributed by atoms with van der Waals surface area (Å²) in [5, 5.41) is 0. The second-order valence-electron chi connectivity index (χ2n) is 8.50. The van der Waals surface area contributed by atoms with E-state index >= 15 is 0 Å². The normalized spacial score (nSPS) is 20.9. The van der Waals surface area contributed by atoms with E-state index in [4.69, 9.17) is 18.9 Å². The van der Waals surface area contributed by atoms with Gasteiger partial charge in [-0.2, -0.15) is 0 Å². The molecule has 0 aromatic heterocycles. The monoisotopic (exact) mass is 430 g/mol. The Bertz CT molecular complexity index is 918. The Balaban J connectivity index is 1.22. The molecule has 0 spiro atoms. The molecule has 3 aromatic rings. The number of hydrogen-bond acceptors (Lipinski definition) is 4. The third-order valence-electron chi connectivity index (χ3n) is 6.19. The van der Waals surface area contributed by atoms with E-state index in [2.05, 4.69) is 62.4 Å². The van der Waals surface area contributed by atoms with Crippen LogP contribution in [0.15, 0.2) is 72.8 Å². The number of rotatable bonds is 10. The van der Waals surface area contributed by atoms with Crippen LogP contribution in [0.3, 0.4) is 0 Å². The van der Waals surface area contributed by atoms with Crippen LogP contribution < -0.4 is 9.47 Å². The van der Waals surface area contributed by atoms with Gasteiger partial charge in [-0.1, -0.05) is 62.4 Å². The second kappa shape index (κ2) is 9.35. The molecule has 2 aliphatic heterocycles. The summed E-state index contributed by atoms with van der Waals surface area (Å²) in [5.74, 6) is 1.79. The van der Waals surface area contributed by atoms with E-state index in [1.54, 1.807) is 0 Å². The topological polar surface area (TPSA) is 43.5 Å². The molecule has 2 fully saturated rings. The molecule has 0 aliphatic carbocycles. The van der Waals surface area contributed by atoms with E-state index in [9.17, 15) is 0 Å². The van der Waals surface area contributed by atoms with Crippen LogP contribution in [0, 0.1) is 0 Å². The molecule has 32 heavy (non-hydrogen) atoms. The highest BCUT2D eigenvalue weighted by Crippen LogP contribution is 2.30. The van der Waals surface area contributed by atoms with Crippen molar-refractivity contribution in [2.75, 3.05) is 13.2 Å². The van der Waals surface area contributed by atoms with Gasteiger partial charge in [0, 0.05) is 0 Å². The third-order valence-corrected chi connectivity index (χ3v) is 6.19. The highest BCUT2D eigenvalue weighted by molar-refractivity contribution is 5.71. The van der Waals surface area contributed by atoms with Crippen LogP contribution in [0.2, 0.25) is 0 Å². The molecule has 4 heteroatoms. The summed E-state index contributed by atoms with van der Waals surface area (Å²) in [6.45, 7) is 5.89. The summed E-state index contributed by atoms with van der Waals surface area (Å²) < 4.78 is 22.9. The minimum absolute atomic E-state index is 0.145. The van der Waals surface area contributed by atoms with Gasteiger partial charge in [-0.15, -0.1) is 0 Å². The molecule has 2 saturated heterocycles. The maximum absolute atomic E-state index is 6.07. The SMILES string of the molecule is CCC(Oc1ccc(-c2ccc(-c3ccc(OC(CC)C4CO4)cc3)cc2)cc1)C1CO1. The predicted molar refractivity (Wildman–Crippen MR) is 126 cm³/mol. The zero-order valence-corrected chi connectivity index (χ0v) is 18.7. The second-order valence-corrected chi connectivity index (χ2v) is 8.50. The molecule has 0 bridgehead atoms. The van der Waals surface area contributed by atoms with Crippen LogP contribution in [0.25, 0.3) is 22.3 Å². The molecule has 3 aromatic carbocycles. The van der Waals surface area contributed by atoms with Gasteiger partial charge >= 0.3 is 0 Å². The van der Waals surface area contributed by atoms with E-state index < -0.39 is 0 Å². The first-order valence-corrected chi connectivity index (χ1v) is 11.6. The van der Waals surface area contributed by atoms with Gasteiger partial charge in [-0.3, -0.25) is 0 Å². The number of hydrogen-bond donors (Lipinski definition) is 0. The van der Waals surface area contributed by atoms with Gasteiger partial charge in [0.2, 0.25) is 0 Å². The molecule has 166 valence electrons. The van der Waals surface area contributed by atoms with Gasteiger partial charge < -0.3 is 18.9 Å². The van der Waals surface area contributed by atoms with Crippen LogP contribution in [-0.4, -0.2) is 37.6 Å². The highest BCUT2D eigenvalue weighted by Gasteiger charge is 2.33. The molecule has 2 heterocycles. The maximum Gasteiger partial charge on any atom is 0.127 e. The van der Waals surface area contributed by atoms with Gasteiger partial charge in [-0.05, 0) is 59.4 Å². The van der Waals surface area contributed by atoms with Gasteiger partial charge in [0.25, 0.3) is 0 Å². The lowest BCUT2D eigenvalue weighted by Gasteiger charge is -2.16. The summed E-state index contributed by atoms with van der Waals surface area (Å²) in [4.78, 5) is 0. The van der Waals surface area contributed by atoms with Crippen molar-refractivity contribution < 1.29 is 18.9 Å². The molecule has 0 amide bonds. The first kappa shape index (κ1) is 21.0. The van der Waals surface area contributed by atoms with Crippen LogP contribution in [-0.2, 0) is 9.47 Å². The molecule has 0 N–H and O–H groups in total. The smallest absolute Gasteiger partial charge is 0.127 e. The Morgan fingerprint density at radius 2 is 0.875 bits per heavy atom. The van der Waals surface area contributed by atoms with Crippen molar-refractivity contribution in [3.63, 3.8) is 0 Å². The van der Waals surface area contributed by atoms with Crippen LogP contribution in [0.1, 0.15) is 26.7 Å². The lowest BCUT2D eigenvalue weighted by molar-refractivity contribution is 0.155. The van der Waals surface area contributed by atoms with Crippen molar-refractivity contribution in [3.8, 4) is 33.8 Å². The van der Waals surface area contributed by atoms with Crippen LogP contribution in [0.5, 0.6) is 11.5 Å². The number of ether oxygens (including phenoxy) is 4. The molecule has 4 nitrogen and oxygen atoms in total. The molecule has 4 unspecified atom stereocenters. The Morgan fingerprint density at radius 3 is 1.12 bits per heavy atom. The van der Waals surface area contributed by atoms with E-state index in [0.717, 1.165) is 37.6 Å². The average molecular weight is 431 g/mol. The molecule has 0 saturated carbocycles.